The van der Waals surface area contributed by atoms with E-state index >= 15 is 0 Å². The first-order chi connectivity index (χ1) is 16.7. The van der Waals surface area contributed by atoms with Gasteiger partial charge in [-0.3, -0.25) is 9.59 Å². The molecule has 0 spiro atoms. The van der Waals surface area contributed by atoms with E-state index in [1.165, 1.54) is 0 Å². The average molecular weight is 564 g/mol. The molecule has 2 amide bonds. The second-order valence-corrected chi connectivity index (χ2v) is 9.68. The van der Waals surface area contributed by atoms with Crippen molar-refractivity contribution in [3.05, 3.63) is 82.6 Å². The van der Waals surface area contributed by atoms with Gasteiger partial charge in [-0.1, -0.05) is 49.9 Å². The number of benzene rings is 2. The second kappa shape index (κ2) is 12.1. The summed E-state index contributed by atoms with van der Waals surface area (Å²) in [5.41, 5.74) is 0.382. The van der Waals surface area contributed by atoms with Gasteiger partial charge in [0, 0.05) is 22.6 Å². The molecule has 35 heavy (non-hydrogen) atoms. The lowest BCUT2D eigenvalue weighted by Gasteiger charge is -2.22. The van der Waals surface area contributed by atoms with Gasteiger partial charge in [-0.15, -0.1) is 16.8 Å². The van der Waals surface area contributed by atoms with Crippen LogP contribution in [-0.2, 0) is 11.3 Å². The van der Waals surface area contributed by atoms with Gasteiger partial charge in [0.05, 0.1) is 17.5 Å². The van der Waals surface area contributed by atoms with E-state index in [4.69, 9.17) is 0 Å². The lowest BCUT2D eigenvalue weighted by molar-refractivity contribution is -0.113. The maximum atomic E-state index is 14.0. The van der Waals surface area contributed by atoms with Crippen LogP contribution < -0.4 is 10.6 Å². The molecule has 1 aromatic heterocycles. The fourth-order valence-electron chi connectivity index (χ4n) is 3.25. The third-order valence-electron chi connectivity index (χ3n) is 4.93. The first kappa shape index (κ1) is 26.6. The Morgan fingerprint density at radius 1 is 1.20 bits per heavy atom. The normalized spacial score (nSPS) is 11.8. The van der Waals surface area contributed by atoms with Gasteiger partial charge in [0.15, 0.2) is 16.8 Å². The van der Waals surface area contributed by atoms with Crippen LogP contribution in [0.1, 0.15) is 36.1 Å². The Morgan fingerprint density at radius 2 is 1.91 bits per heavy atom. The Kier molecular flexibility index (Phi) is 9.16. The minimum Gasteiger partial charge on any atom is -0.342 e. The molecule has 3 aromatic rings. The number of anilines is 1. The van der Waals surface area contributed by atoms with E-state index in [2.05, 4.69) is 43.3 Å². The Bertz CT molecular complexity index is 1200. The molecule has 0 saturated carbocycles. The molecule has 1 atom stereocenters. The Morgan fingerprint density at radius 3 is 2.54 bits per heavy atom. The van der Waals surface area contributed by atoms with Crippen molar-refractivity contribution in [3.8, 4) is 0 Å². The molecule has 0 radical (unpaired) electrons. The Balaban J connectivity index is 1.76. The van der Waals surface area contributed by atoms with Crippen molar-refractivity contribution in [2.24, 2.45) is 5.92 Å². The topological polar surface area (TPSA) is 88.9 Å². The largest absolute Gasteiger partial charge is 0.342 e. The quantitative estimate of drug-likeness (QED) is 0.256. The number of hydrogen-bond donors (Lipinski definition) is 2. The second-order valence-electron chi connectivity index (χ2n) is 7.88. The molecule has 1 heterocycles. The third-order valence-corrected chi connectivity index (χ3v) is 6.52. The highest BCUT2D eigenvalue weighted by Crippen LogP contribution is 2.28. The van der Waals surface area contributed by atoms with Crippen LogP contribution in [0.5, 0.6) is 0 Å². The third kappa shape index (κ3) is 6.76. The molecule has 0 fully saturated rings. The zero-order valence-corrected chi connectivity index (χ0v) is 21.5. The molecular weight excluding hydrogens is 540 g/mol. The van der Waals surface area contributed by atoms with E-state index in [1.807, 2.05) is 19.9 Å². The summed E-state index contributed by atoms with van der Waals surface area (Å²) in [4.78, 5) is 25.2. The molecule has 2 N–H and O–H groups in total. The SMILES string of the molecule is C=CCn1c(SCC(=O)Nc2c(F)cc(F)cc2Br)nnc1C(NC(=O)c1ccccc1)C(C)C. The molecule has 3 rings (SSSR count). The van der Waals surface area contributed by atoms with Crippen LogP contribution >= 0.6 is 27.7 Å². The van der Waals surface area contributed by atoms with Crippen LogP contribution in [0.3, 0.4) is 0 Å². The smallest absolute Gasteiger partial charge is 0.251 e. The molecule has 0 aliphatic heterocycles. The molecule has 0 aliphatic rings. The van der Waals surface area contributed by atoms with Gasteiger partial charge in [0.2, 0.25) is 5.91 Å². The first-order valence-electron chi connectivity index (χ1n) is 10.7. The number of thioether (sulfide) groups is 1. The number of nitrogens with zero attached hydrogens (tertiary/aromatic N) is 3. The molecule has 1 unspecified atom stereocenters. The number of hydrogen-bond acceptors (Lipinski definition) is 5. The van der Waals surface area contributed by atoms with Crippen LogP contribution in [0, 0.1) is 17.6 Å². The lowest BCUT2D eigenvalue weighted by atomic mass is 10.0. The van der Waals surface area contributed by atoms with Gasteiger partial charge in [0.25, 0.3) is 5.91 Å². The highest BCUT2D eigenvalue weighted by Gasteiger charge is 2.26. The Labute approximate surface area is 214 Å². The summed E-state index contributed by atoms with van der Waals surface area (Å²) in [6, 6.07) is 10.2. The van der Waals surface area contributed by atoms with E-state index in [1.54, 1.807) is 34.9 Å². The summed E-state index contributed by atoms with van der Waals surface area (Å²) < 4.78 is 29.2. The van der Waals surface area contributed by atoms with Gasteiger partial charge >= 0.3 is 0 Å². The summed E-state index contributed by atoms with van der Waals surface area (Å²) in [5, 5.41) is 14.4. The summed E-state index contributed by atoms with van der Waals surface area (Å²) in [5.74, 6) is -1.96. The number of carbonyl (C=O) groups excluding carboxylic acids is 2. The van der Waals surface area contributed by atoms with Gasteiger partial charge in [-0.2, -0.15) is 0 Å². The van der Waals surface area contributed by atoms with Crippen LogP contribution in [-0.4, -0.2) is 32.3 Å². The number of amides is 2. The molecular formula is C24H24BrF2N5O2S. The maximum Gasteiger partial charge on any atom is 0.251 e. The lowest BCUT2D eigenvalue weighted by Crippen LogP contribution is -2.33. The molecule has 184 valence electrons. The first-order valence-corrected chi connectivity index (χ1v) is 12.5. The molecule has 0 aliphatic carbocycles. The van der Waals surface area contributed by atoms with Crippen LogP contribution in [0.25, 0.3) is 0 Å². The van der Waals surface area contributed by atoms with Crippen molar-refractivity contribution in [2.45, 2.75) is 31.6 Å². The predicted molar refractivity (Wildman–Crippen MR) is 135 cm³/mol. The summed E-state index contributed by atoms with van der Waals surface area (Å²) in [6.45, 7) is 8.05. The van der Waals surface area contributed by atoms with E-state index < -0.39 is 23.6 Å². The number of allylic oxidation sites excluding steroid dienone is 1. The number of nitrogens with one attached hydrogen (secondary N) is 2. The molecule has 2 aromatic carbocycles. The van der Waals surface area contributed by atoms with Crippen molar-refractivity contribution >= 4 is 45.2 Å². The molecule has 0 bridgehead atoms. The number of aromatic nitrogens is 3. The van der Waals surface area contributed by atoms with E-state index in [9.17, 15) is 18.4 Å². The van der Waals surface area contributed by atoms with Gasteiger partial charge in [-0.25, -0.2) is 8.78 Å². The minimum absolute atomic E-state index is 0.00428. The summed E-state index contributed by atoms with van der Waals surface area (Å²) >= 11 is 4.15. The number of rotatable bonds is 10. The fraction of sp³-hybridized carbons (Fsp3) is 0.250. The summed E-state index contributed by atoms with van der Waals surface area (Å²) in [6.07, 6.45) is 1.67. The molecule has 7 nitrogen and oxygen atoms in total. The van der Waals surface area contributed by atoms with Crippen molar-refractivity contribution in [1.82, 2.24) is 20.1 Å². The highest BCUT2D eigenvalue weighted by molar-refractivity contribution is 9.10. The van der Waals surface area contributed by atoms with Crippen molar-refractivity contribution in [3.63, 3.8) is 0 Å². The monoisotopic (exact) mass is 563 g/mol. The zero-order chi connectivity index (χ0) is 25.5. The van der Waals surface area contributed by atoms with Crippen LogP contribution in [0.4, 0.5) is 14.5 Å². The van der Waals surface area contributed by atoms with Crippen LogP contribution in [0.15, 0.2) is 64.7 Å². The maximum absolute atomic E-state index is 14.0. The summed E-state index contributed by atoms with van der Waals surface area (Å²) in [7, 11) is 0. The van der Waals surface area contributed by atoms with Crippen molar-refractivity contribution in [2.75, 3.05) is 11.1 Å². The number of halogens is 3. The Hall–Kier alpha value is -3.05. The minimum atomic E-state index is -0.888. The van der Waals surface area contributed by atoms with E-state index in [0.717, 1.165) is 17.8 Å². The van der Waals surface area contributed by atoms with Gasteiger partial charge in [0.1, 0.15) is 5.82 Å². The van der Waals surface area contributed by atoms with E-state index in [-0.39, 0.29) is 27.7 Å². The average Bonchev–Trinajstić information content (AvgIpc) is 3.21. The molecule has 0 saturated heterocycles. The van der Waals surface area contributed by atoms with Crippen molar-refractivity contribution < 1.29 is 18.4 Å². The van der Waals surface area contributed by atoms with Crippen molar-refractivity contribution in [1.29, 1.82) is 0 Å². The van der Waals surface area contributed by atoms with E-state index in [0.29, 0.717) is 29.2 Å². The predicted octanol–water partition coefficient (Wildman–Crippen LogP) is 5.36. The zero-order valence-electron chi connectivity index (χ0n) is 19.1. The van der Waals surface area contributed by atoms with Gasteiger partial charge < -0.3 is 15.2 Å². The standard InChI is InChI=1S/C24H24BrF2N5O2S/c1-4-10-32-22(20(14(2)3)29-23(34)15-8-6-5-7-9-15)30-31-24(32)35-13-19(33)28-21-17(25)11-16(26)12-18(21)27/h4-9,11-12,14,20H,1,10,13H2,2-3H3,(H,28,33)(H,29,34). The van der Waals surface area contributed by atoms with Crippen LogP contribution in [0.2, 0.25) is 0 Å². The molecule has 11 heteroatoms. The van der Waals surface area contributed by atoms with Gasteiger partial charge in [-0.05, 0) is 40.0 Å². The highest BCUT2D eigenvalue weighted by atomic mass is 79.9. The number of carbonyl (C=O) groups is 2. The fourth-order valence-corrected chi connectivity index (χ4v) is 4.51.